The van der Waals surface area contributed by atoms with Gasteiger partial charge in [0.25, 0.3) is 21.8 Å². The SMILES string of the molecule is O=C1C=C(Nc2ccc(S(=O)(=O)Nc3ccccc3)cc2)C(=O)N1CCO. The molecule has 1 heterocycles. The first-order valence-electron chi connectivity index (χ1n) is 8.04. The Morgan fingerprint density at radius 1 is 0.926 bits per heavy atom. The number of nitrogens with one attached hydrogen (secondary N) is 2. The minimum absolute atomic E-state index is 0.0571. The number of β-amino-alcohol motifs (C(OH)–C–C–N with tert-alkyl or cyclic N) is 1. The Labute approximate surface area is 156 Å². The van der Waals surface area contributed by atoms with Gasteiger partial charge in [-0.3, -0.25) is 19.2 Å². The van der Waals surface area contributed by atoms with Gasteiger partial charge in [0, 0.05) is 17.5 Å². The average Bonchev–Trinajstić information content (AvgIpc) is 2.90. The van der Waals surface area contributed by atoms with Crippen molar-refractivity contribution < 1.29 is 23.1 Å². The number of amides is 2. The van der Waals surface area contributed by atoms with E-state index >= 15 is 0 Å². The van der Waals surface area contributed by atoms with Gasteiger partial charge >= 0.3 is 0 Å². The molecule has 2 aromatic rings. The molecule has 0 bridgehead atoms. The Morgan fingerprint density at radius 2 is 1.59 bits per heavy atom. The van der Waals surface area contributed by atoms with Crippen molar-refractivity contribution in [1.29, 1.82) is 0 Å². The van der Waals surface area contributed by atoms with Crippen LogP contribution in [-0.4, -0.2) is 43.4 Å². The van der Waals surface area contributed by atoms with Crippen LogP contribution in [0.3, 0.4) is 0 Å². The predicted molar refractivity (Wildman–Crippen MR) is 99.2 cm³/mol. The third-order valence-electron chi connectivity index (χ3n) is 3.80. The first-order chi connectivity index (χ1) is 12.9. The molecule has 0 aromatic heterocycles. The molecule has 0 aliphatic carbocycles. The van der Waals surface area contributed by atoms with E-state index in [2.05, 4.69) is 10.0 Å². The lowest BCUT2D eigenvalue weighted by Crippen LogP contribution is -2.34. The van der Waals surface area contributed by atoms with Crippen LogP contribution >= 0.6 is 0 Å². The van der Waals surface area contributed by atoms with E-state index in [4.69, 9.17) is 5.11 Å². The third-order valence-corrected chi connectivity index (χ3v) is 5.20. The molecule has 0 saturated carbocycles. The molecule has 27 heavy (non-hydrogen) atoms. The Bertz CT molecular complexity index is 985. The molecule has 0 fully saturated rings. The lowest BCUT2D eigenvalue weighted by molar-refractivity contribution is -0.137. The van der Waals surface area contributed by atoms with Crippen LogP contribution < -0.4 is 10.0 Å². The molecule has 1 aliphatic rings. The van der Waals surface area contributed by atoms with E-state index in [1.807, 2.05) is 0 Å². The number of para-hydroxylation sites is 1. The normalized spacial score (nSPS) is 14.3. The summed E-state index contributed by atoms with van der Waals surface area (Å²) < 4.78 is 27.3. The molecule has 0 spiro atoms. The van der Waals surface area contributed by atoms with Gasteiger partial charge in [-0.1, -0.05) is 18.2 Å². The molecule has 8 nitrogen and oxygen atoms in total. The largest absolute Gasteiger partial charge is 0.395 e. The zero-order valence-electron chi connectivity index (χ0n) is 14.1. The van der Waals surface area contributed by atoms with E-state index in [0.29, 0.717) is 11.4 Å². The molecule has 0 radical (unpaired) electrons. The molecule has 1 aliphatic heterocycles. The summed E-state index contributed by atoms with van der Waals surface area (Å²) in [5.41, 5.74) is 0.960. The number of benzene rings is 2. The van der Waals surface area contributed by atoms with Crippen molar-refractivity contribution in [1.82, 2.24) is 4.90 Å². The number of carbonyl (C=O) groups is 2. The second-order valence-corrected chi connectivity index (χ2v) is 7.38. The molecule has 0 unspecified atom stereocenters. The standard InChI is InChI=1S/C18H17N3O5S/c22-11-10-21-17(23)12-16(18(21)24)19-13-6-8-15(9-7-13)27(25,26)20-14-4-2-1-3-5-14/h1-9,12,19-20,22H,10-11H2. The highest BCUT2D eigenvalue weighted by molar-refractivity contribution is 7.92. The van der Waals surface area contributed by atoms with Crippen LogP contribution in [0.15, 0.2) is 71.3 Å². The topological polar surface area (TPSA) is 116 Å². The number of aliphatic hydroxyl groups is 1. The molecule has 9 heteroatoms. The van der Waals surface area contributed by atoms with Crippen LogP contribution in [0.25, 0.3) is 0 Å². The highest BCUT2D eigenvalue weighted by Crippen LogP contribution is 2.21. The van der Waals surface area contributed by atoms with E-state index in [-0.39, 0.29) is 23.7 Å². The molecule has 0 atom stereocenters. The van der Waals surface area contributed by atoms with Gasteiger partial charge in [0.05, 0.1) is 18.0 Å². The van der Waals surface area contributed by atoms with Gasteiger partial charge in [-0.25, -0.2) is 8.42 Å². The fourth-order valence-electron chi connectivity index (χ4n) is 2.50. The fraction of sp³-hybridized carbons (Fsp3) is 0.111. The van der Waals surface area contributed by atoms with Gasteiger partial charge in [0.2, 0.25) is 0 Å². The summed E-state index contributed by atoms with van der Waals surface area (Å²) in [6.45, 7) is -0.402. The summed E-state index contributed by atoms with van der Waals surface area (Å²) in [5.74, 6) is -1.06. The fourth-order valence-corrected chi connectivity index (χ4v) is 3.56. The van der Waals surface area contributed by atoms with E-state index in [0.717, 1.165) is 11.0 Å². The summed E-state index contributed by atoms with van der Waals surface area (Å²) >= 11 is 0. The van der Waals surface area contributed by atoms with Crippen LogP contribution in [0, 0.1) is 0 Å². The number of aliphatic hydroxyl groups excluding tert-OH is 1. The number of imide groups is 1. The van der Waals surface area contributed by atoms with Gasteiger partial charge in [-0.2, -0.15) is 0 Å². The first kappa shape index (κ1) is 18.6. The number of hydrogen-bond donors (Lipinski definition) is 3. The summed E-state index contributed by atoms with van der Waals surface area (Å²) in [5, 5.41) is 11.7. The molecule has 3 N–H and O–H groups in total. The van der Waals surface area contributed by atoms with E-state index in [9.17, 15) is 18.0 Å². The third kappa shape index (κ3) is 4.15. The summed E-state index contributed by atoms with van der Waals surface area (Å²) in [6, 6.07) is 14.3. The second kappa shape index (κ2) is 7.60. The van der Waals surface area contributed by atoms with E-state index < -0.39 is 21.8 Å². The summed E-state index contributed by atoms with van der Waals surface area (Å²) in [7, 11) is -3.74. The second-order valence-electron chi connectivity index (χ2n) is 5.70. The molecule has 0 saturated heterocycles. The van der Waals surface area contributed by atoms with Crippen LogP contribution in [0.4, 0.5) is 11.4 Å². The minimum Gasteiger partial charge on any atom is -0.395 e. The lowest BCUT2D eigenvalue weighted by Gasteiger charge is -2.13. The number of sulfonamides is 1. The van der Waals surface area contributed by atoms with Crippen molar-refractivity contribution in [2.45, 2.75) is 4.90 Å². The molecule has 3 rings (SSSR count). The van der Waals surface area contributed by atoms with E-state index in [1.165, 1.54) is 24.3 Å². The lowest BCUT2D eigenvalue weighted by atomic mass is 10.3. The molecule has 2 aromatic carbocycles. The van der Waals surface area contributed by atoms with Gasteiger partial charge in [-0.05, 0) is 36.4 Å². The number of anilines is 2. The van der Waals surface area contributed by atoms with Crippen molar-refractivity contribution >= 4 is 33.2 Å². The van der Waals surface area contributed by atoms with E-state index in [1.54, 1.807) is 30.3 Å². The molecule has 140 valence electrons. The van der Waals surface area contributed by atoms with Gasteiger partial charge < -0.3 is 10.4 Å². The highest BCUT2D eigenvalue weighted by atomic mass is 32.2. The number of nitrogens with zero attached hydrogens (tertiary/aromatic N) is 1. The highest BCUT2D eigenvalue weighted by Gasteiger charge is 2.30. The number of carbonyl (C=O) groups excluding carboxylic acids is 2. The maximum Gasteiger partial charge on any atom is 0.277 e. The Balaban J connectivity index is 1.72. The quantitative estimate of drug-likeness (QED) is 0.614. The first-order valence-corrected chi connectivity index (χ1v) is 9.52. The van der Waals surface area contributed by atoms with Crippen molar-refractivity contribution in [2.24, 2.45) is 0 Å². The number of rotatable bonds is 7. The van der Waals surface area contributed by atoms with Crippen LogP contribution in [0.1, 0.15) is 0 Å². The van der Waals surface area contributed by atoms with Crippen LogP contribution in [-0.2, 0) is 19.6 Å². The number of hydrogen-bond acceptors (Lipinski definition) is 6. The van der Waals surface area contributed by atoms with Crippen molar-refractivity contribution in [3.63, 3.8) is 0 Å². The Hall–Kier alpha value is -3.17. The minimum atomic E-state index is -3.74. The summed E-state index contributed by atoms with van der Waals surface area (Å²) in [6.07, 6.45) is 1.14. The smallest absolute Gasteiger partial charge is 0.277 e. The maximum atomic E-state index is 12.4. The van der Waals surface area contributed by atoms with Gasteiger partial charge in [0.15, 0.2) is 0 Å². The van der Waals surface area contributed by atoms with Crippen LogP contribution in [0.2, 0.25) is 0 Å². The maximum absolute atomic E-state index is 12.4. The molecular formula is C18H17N3O5S. The van der Waals surface area contributed by atoms with Gasteiger partial charge in [-0.15, -0.1) is 0 Å². The van der Waals surface area contributed by atoms with Gasteiger partial charge in [0.1, 0.15) is 5.70 Å². The monoisotopic (exact) mass is 387 g/mol. The molecule has 2 amide bonds. The average molecular weight is 387 g/mol. The van der Waals surface area contributed by atoms with Crippen molar-refractivity contribution in [3.05, 3.63) is 66.4 Å². The Kier molecular flexibility index (Phi) is 5.24. The summed E-state index contributed by atoms with van der Waals surface area (Å²) in [4.78, 5) is 24.8. The van der Waals surface area contributed by atoms with Crippen LogP contribution in [0.5, 0.6) is 0 Å². The Morgan fingerprint density at radius 3 is 2.22 bits per heavy atom. The zero-order chi connectivity index (χ0) is 19.4. The van der Waals surface area contributed by atoms with Crippen molar-refractivity contribution in [3.8, 4) is 0 Å². The van der Waals surface area contributed by atoms with Crippen molar-refractivity contribution in [2.75, 3.05) is 23.2 Å². The molecular weight excluding hydrogens is 370 g/mol. The zero-order valence-corrected chi connectivity index (χ0v) is 14.9. The predicted octanol–water partition coefficient (Wildman–Crippen LogP) is 1.14.